The predicted molar refractivity (Wildman–Crippen MR) is 82.4 cm³/mol. The van der Waals surface area contributed by atoms with Gasteiger partial charge in [-0.1, -0.05) is 0 Å². The molecule has 0 aromatic carbocycles. The second-order valence-electron chi connectivity index (χ2n) is 5.75. The minimum atomic E-state index is -3.00. The molecule has 2 unspecified atom stereocenters. The molecule has 2 aromatic rings. The van der Waals surface area contributed by atoms with Crippen molar-refractivity contribution in [3.63, 3.8) is 0 Å². The maximum absolute atomic E-state index is 12.0. The van der Waals surface area contributed by atoms with Crippen molar-refractivity contribution in [2.45, 2.75) is 38.1 Å². The van der Waals surface area contributed by atoms with E-state index < -0.39 is 9.84 Å². The van der Waals surface area contributed by atoms with E-state index in [9.17, 15) is 8.42 Å². The van der Waals surface area contributed by atoms with Crippen molar-refractivity contribution in [2.24, 2.45) is 7.05 Å². The molecule has 0 radical (unpaired) electrons. The van der Waals surface area contributed by atoms with Crippen LogP contribution in [0.4, 0.5) is 0 Å². The van der Waals surface area contributed by atoms with Crippen LogP contribution in [-0.4, -0.2) is 39.3 Å². The molecule has 116 valence electrons. The molecular weight excluding hydrogens is 312 g/mol. The van der Waals surface area contributed by atoms with Gasteiger partial charge in [0.2, 0.25) is 0 Å². The molecule has 3 rings (SSSR count). The van der Waals surface area contributed by atoms with Crippen LogP contribution in [0.5, 0.6) is 0 Å². The minimum absolute atomic E-state index is 0.111. The van der Waals surface area contributed by atoms with Gasteiger partial charge in [-0.15, -0.1) is 11.6 Å². The van der Waals surface area contributed by atoms with Crippen LogP contribution in [0, 0.1) is 6.92 Å². The van der Waals surface area contributed by atoms with Gasteiger partial charge in [0.25, 0.3) is 0 Å². The first-order chi connectivity index (χ1) is 9.80. The lowest BCUT2D eigenvalue weighted by molar-refractivity contribution is 0.460. The molecular formula is C13H19ClN4O2S. The monoisotopic (exact) mass is 330 g/mol. The van der Waals surface area contributed by atoms with Crippen LogP contribution in [-0.2, 0) is 16.9 Å². The highest BCUT2D eigenvalue weighted by Gasteiger charge is 2.31. The van der Waals surface area contributed by atoms with Crippen molar-refractivity contribution in [3.05, 3.63) is 11.5 Å². The Morgan fingerprint density at radius 2 is 2.14 bits per heavy atom. The summed E-state index contributed by atoms with van der Waals surface area (Å²) in [6.07, 6.45) is 1.51. The van der Waals surface area contributed by atoms with Gasteiger partial charge in [-0.05, 0) is 26.7 Å². The third kappa shape index (κ3) is 2.46. The Kier molecular flexibility index (Phi) is 3.52. The number of imidazole rings is 1. The molecule has 0 aliphatic carbocycles. The van der Waals surface area contributed by atoms with E-state index in [1.807, 2.05) is 25.5 Å². The van der Waals surface area contributed by atoms with Crippen molar-refractivity contribution >= 4 is 32.6 Å². The standard InChI is InChI=1S/C13H19ClN4O2S/c1-8(14)12-15-11-9(2)16-17(3)13(11)18(12)10-5-4-6-21(19,20)7-10/h8,10H,4-7H2,1-3H3. The summed E-state index contributed by atoms with van der Waals surface area (Å²) >= 11 is 6.27. The normalized spacial score (nSPS) is 23.5. The maximum Gasteiger partial charge on any atom is 0.159 e. The summed E-state index contributed by atoms with van der Waals surface area (Å²) in [6, 6.07) is -0.111. The molecule has 21 heavy (non-hydrogen) atoms. The number of hydrogen-bond acceptors (Lipinski definition) is 4. The molecule has 1 aliphatic heterocycles. The Labute approximate surface area is 129 Å². The zero-order valence-corrected chi connectivity index (χ0v) is 13.9. The number of halogens is 1. The highest BCUT2D eigenvalue weighted by atomic mass is 35.5. The van der Waals surface area contributed by atoms with Crippen LogP contribution in [0.1, 0.15) is 42.7 Å². The molecule has 0 amide bonds. The number of rotatable bonds is 2. The Bertz CT molecular complexity index is 791. The van der Waals surface area contributed by atoms with E-state index in [4.69, 9.17) is 11.6 Å². The number of alkyl halides is 1. The van der Waals surface area contributed by atoms with Gasteiger partial charge < -0.3 is 4.57 Å². The number of sulfone groups is 1. The van der Waals surface area contributed by atoms with Crippen molar-refractivity contribution in [3.8, 4) is 0 Å². The van der Waals surface area contributed by atoms with Gasteiger partial charge in [-0.2, -0.15) is 5.10 Å². The first kappa shape index (κ1) is 14.8. The summed E-state index contributed by atoms with van der Waals surface area (Å²) in [5, 5.41) is 4.11. The van der Waals surface area contributed by atoms with Crippen molar-refractivity contribution in [1.82, 2.24) is 19.3 Å². The lowest BCUT2D eigenvalue weighted by Crippen LogP contribution is -2.29. The molecule has 1 fully saturated rings. The maximum atomic E-state index is 12.0. The summed E-state index contributed by atoms with van der Waals surface area (Å²) in [5.74, 6) is 1.15. The summed E-state index contributed by atoms with van der Waals surface area (Å²) in [7, 11) is -1.14. The van der Waals surface area contributed by atoms with Crippen LogP contribution in [0.3, 0.4) is 0 Å². The van der Waals surface area contributed by atoms with E-state index in [2.05, 4.69) is 10.1 Å². The van der Waals surface area contributed by atoms with E-state index >= 15 is 0 Å². The minimum Gasteiger partial charge on any atom is -0.308 e. The third-order valence-corrected chi connectivity index (χ3v) is 6.02. The van der Waals surface area contributed by atoms with Gasteiger partial charge in [-0.25, -0.2) is 13.4 Å². The second-order valence-corrected chi connectivity index (χ2v) is 8.63. The molecule has 0 bridgehead atoms. The van der Waals surface area contributed by atoms with Crippen LogP contribution in [0.25, 0.3) is 11.2 Å². The Hall–Kier alpha value is -1.08. The molecule has 3 heterocycles. The highest BCUT2D eigenvalue weighted by Crippen LogP contribution is 2.33. The molecule has 8 heteroatoms. The Morgan fingerprint density at radius 3 is 2.76 bits per heavy atom. The van der Waals surface area contributed by atoms with E-state index in [1.54, 1.807) is 4.68 Å². The van der Waals surface area contributed by atoms with Crippen molar-refractivity contribution in [2.75, 3.05) is 11.5 Å². The molecule has 2 aromatic heterocycles. The van der Waals surface area contributed by atoms with E-state index in [1.165, 1.54) is 0 Å². The fourth-order valence-electron chi connectivity index (χ4n) is 3.16. The van der Waals surface area contributed by atoms with E-state index in [0.717, 1.165) is 29.1 Å². The largest absolute Gasteiger partial charge is 0.308 e. The van der Waals surface area contributed by atoms with E-state index in [0.29, 0.717) is 6.42 Å². The zero-order valence-electron chi connectivity index (χ0n) is 12.4. The quantitative estimate of drug-likeness (QED) is 0.791. The molecule has 0 spiro atoms. The lowest BCUT2D eigenvalue weighted by atomic mass is 10.2. The Morgan fingerprint density at radius 1 is 1.43 bits per heavy atom. The van der Waals surface area contributed by atoms with Gasteiger partial charge in [0.1, 0.15) is 11.3 Å². The summed E-state index contributed by atoms with van der Waals surface area (Å²) < 4.78 is 27.7. The number of nitrogens with zero attached hydrogens (tertiary/aromatic N) is 4. The fourth-order valence-corrected chi connectivity index (χ4v) is 4.98. The fraction of sp³-hybridized carbons (Fsp3) is 0.692. The second kappa shape index (κ2) is 4.98. The smallest absolute Gasteiger partial charge is 0.159 e. The first-order valence-electron chi connectivity index (χ1n) is 7.06. The molecule has 0 saturated carbocycles. The van der Waals surface area contributed by atoms with Gasteiger partial charge >= 0.3 is 0 Å². The number of aromatic nitrogens is 4. The summed E-state index contributed by atoms with van der Waals surface area (Å²) in [4.78, 5) is 4.61. The van der Waals surface area contributed by atoms with Gasteiger partial charge in [0.15, 0.2) is 15.5 Å². The molecule has 2 atom stereocenters. The molecule has 6 nitrogen and oxygen atoms in total. The van der Waals surface area contributed by atoms with E-state index in [-0.39, 0.29) is 22.9 Å². The van der Waals surface area contributed by atoms with Crippen LogP contribution in [0.15, 0.2) is 0 Å². The number of fused-ring (bicyclic) bond motifs is 1. The summed E-state index contributed by atoms with van der Waals surface area (Å²) in [5.41, 5.74) is 2.50. The zero-order chi connectivity index (χ0) is 15.4. The molecule has 1 saturated heterocycles. The van der Waals surface area contributed by atoms with Crippen LogP contribution < -0.4 is 0 Å². The topological polar surface area (TPSA) is 69.8 Å². The Balaban J connectivity index is 2.22. The van der Waals surface area contributed by atoms with Gasteiger partial charge in [-0.3, -0.25) is 4.68 Å². The number of aryl methyl sites for hydroxylation is 2. The third-order valence-electron chi connectivity index (χ3n) is 4.02. The van der Waals surface area contributed by atoms with Crippen LogP contribution in [0.2, 0.25) is 0 Å². The lowest BCUT2D eigenvalue weighted by Gasteiger charge is -2.26. The summed E-state index contributed by atoms with van der Waals surface area (Å²) in [6.45, 7) is 3.76. The highest BCUT2D eigenvalue weighted by molar-refractivity contribution is 7.91. The van der Waals surface area contributed by atoms with Gasteiger partial charge in [0.05, 0.1) is 28.6 Å². The number of hydrogen-bond donors (Lipinski definition) is 0. The first-order valence-corrected chi connectivity index (χ1v) is 9.32. The van der Waals surface area contributed by atoms with Crippen molar-refractivity contribution in [1.29, 1.82) is 0 Å². The average Bonchev–Trinajstić information content (AvgIpc) is 2.88. The van der Waals surface area contributed by atoms with Crippen LogP contribution >= 0.6 is 11.6 Å². The SMILES string of the molecule is Cc1nn(C)c2c1nc(C(C)Cl)n2C1CCCS(=O)(=O)C1. The average molecular weight is 331 g/mol. The molecule has 0 N–H and O–H groups in total. The van der Waals surface area contributed by atoms with Crippen molar-refractivity contribution < 1.29 is 8.42 Å². The predicted octanol–water partition coefficient (Wildman–Crippen LogP) is 2.13. The van der Waals surface area contributed by atoms with Gasteiger partial charge in [0, 0.05) is 7.05 Å². The molecule has 1 aliphatic rings.